The molecule has 0 fully saturated rings. The molecule has 0 heterocycles. The van der Waals surface area contributed by atoms with Gasteiger partial charge in [0.15, 0.2) is 0 Å². The van der Waals surface area contributed by atoms with E-state index >= 15 is 0 Å². The van der Waals surface area contributed by atoms with E-state index in [4.69, 9.17) is 5.11 Å². The number of hydrogen-bond acceptors (Lipinski definition) is 1. The molecule has 14 heavy (non-hydrogen) atoms. The lowest BCUT2D eigenvalue weighted by Crippen LogP contribution is -2.13. The summed E-state index contributed by atoms with van der Waals surface area (Å²) < 4.78 is 37.3. The summed E-state index contributed by atoms with van der Waals surface area (Å²) in [6.45, 7) is 1.47. The second kappa shape index (κ2) is 4.00. The summed E-state index contributed by atoms with van der Waals surface area (Å²) >= 11 is 0. The molecule has 0 radical (unpaired) electrons. The normalized spacial score (nSPS) is 14.1. The van der Waals surface area contributed by atoms with E-state index in [9.17, 15) is 13.2 Å². The van der Waals surface area contributed by atoms with Gasteiger partial charge < -0.3 is 5.11 Å². The van der Waals surface area contributed by atoms with E-state index in [0.717, 1.165) is 6.07 Å². The van der Waals surface area contributed by atoms with Gasteiger partial charge in [-0.25, -0.2) is 0 Å². The molecular weight excluding hydrogens is 193 g/mol. The van der Waals surface area contributed by atoms with Crippen LogP contribution in [0.5, 0.6) is 0 Å². The van der Waals surface area contributed by atoms with E-state index in [1.165, 1.54) is 25.1 Å². The molecule has 0 aliphatic heterocycles. The minimum atomic E-state index is -4.34. The third kappa shape index (κ3) is 2.73. The van der Waals surface area contributed by atoms with Crippen molar-refractivity contribution >= 4 is 0 Å². The second-order valence-electron chi connectivity index (χ2n) is 3.21. The number of alkyl halides is 3. The highest BCUT2D eigenvalue weighted by molar-refractivity contribution is 5.30. The minimum Gasteiger partial charge on any atom is -0.393 e. The van der Waals surface area contributed by atoms with Gasteiger partial charge in [0.1, 0.15) is 0 Å². The van der Waals surface area contributed by atoms with Crippen LogP contribution in [0.2, 0.25) is 0 Å². The molecule has 1 atom stereocenters. The Labute approximate surface area is 80.2 Å². The zero-order chi connectivity index (χ0) is 10.8. The molecule has 0 bridgehead atoms. The fourth-order valence-electron chi connectivity index (χ4n) is 1.29. The maximum atomic E-state index is 12.4. The van der Waals surface area contributed by atoms with Crippen LogP contribution in [0.25, 0.3) is 0 Å². The maximum absolute atomic E-state index is 12.4. The molecule has 0 spiro atoms. The molecule has 1 aromatic carbocycles. The van der Waals surface area contributed by atoms with Crippen LogP contribution in [0.4, 0.5) is 13.2 Å². The Morgan fingerprint density at radius 2 is 1.86 bits per heavy atom. The number of aliphatic hydroxyl groups excluding tert-OH is 1. The maximum Gasteiger partial charge on any atom is 0.416 e. The minimum absolute atomic E-state index is 0.0235. The Morgan fingerprint density at radius 3 is 2.36 bits per heavy atom. The lowest BCUT2D eigenvalue weighted by molar-refractivity contribution is -0.138. The number of rotatable bonds is 2. The molecule has 4 heteroatoms. The Bertz CT molecular complexity index is 304. The lowest BCUT2D eigenvalue weighted by Gasteiger charge is -2.13. The van der Waals surface area contributed by atoms with E-state index in [2.05, 4.69) is 0 Å². The molecule has 1 aromatic rings. The quantitative estimate of drug-likeness (QED) is 0.785. The average molecular weight is 204 g/mol. The number of halogens is 3. The van der Waals surface area contributed by atoms with Crippen molar-refractivity contribution in [2.24, 2.45) is 0 Å². The van der Waals surface area contributed by atoms with Crippen molar-refractivity contribution in [3.63, 3.8) is 0 Å². The molecule has 1 N–H and O–H groups in total. The fraction of sp³-hybridized carbons (Fsp3) is 0.400. The number of hydrogen-bond donors (Lipinski definition) is 1. The van der Waals surface area contributed by atoms with Gasteiger partial charge in [-0.2, -0.15) is 13.2 Å². The molecule has 0 aliphatic rings. The van der Waals surface area contributed by atoms with Crippen LogP contribution >= 0.6 is 0 Å². The van der Waals surface area contributed by atoms with Crippen LogP contribution in [-0.2, 0) is 12.6 Å². The van der Waals surface area contributed by atoms with Gasteiger partial charge in [-0.05, 0) is 25.0 Å². The summed E-state index contributed by atoms with van der Waals surface area (Å²) in [6, 6.07) is 5.29. The van der Waals surface area contributed by atoms with Crippen molar-refractivity contribution in [1.82, 2.24) is 0 Å². The summed E-state index contributed by atoms with van der Waals surface area (Å²) in [5, 5.41) is 9.03. The molecule has 0 saturated carbocycles. The Morgan fingerprint density at radius 1 is 1.29 bits per heavy atom. The molecular formula is C10H11F3O. The highest BCUT2D eigenvalue weighted by Crippen LogP contribution is 2.32. The molecule has 1 nitrogen and oxygen atoms in total. The van der Waals surface area contributed by atoms with E-state index in [1.54, 1.807) is 0 Å². The van der Waals surface area contributed by atoms with Gasteiger partial charge in [-0.3, -0.25) is 0 Å². The number of benzene rings is 1. The Balaban J connectivity index is 3.04. The molecule has 1 rings (SSSR count). The fourth-order valence-corrected chi connectivity index (χ4v) is 1.29. The van der Waals surface area contributed by atoms with Gasteiger partial charge >= 0.3 is 6.18 Å². The molecule has 0 aromatic heterocycles. The molecule has 0 unspecified atom stereocenters. The monoisotopic (exact) mass is 204 g/mol. The molecule has 0 amide bonds. The average Bonchev–Trinajstić information content (AvgIpc) is 2.01. The van der Waals surface area contributed by atoms with Crippen molar-refractivity contribution < 1.29 is 18.3 Å². The van der Waals surface area contributed by atoms with Crippen LogP contribution < -0.4 is 0 Å². The predicted molar refractivity (Wildman–Crippen MR) is 46.8 cm³/mol. The van der Waals surface area contributed by atoms with Crippen molar-refractivity contribution in [3.05, 3.63) is 35.4 Å². The van der Waals surface area contributed by atoms with E-state index in [0.29, 0.717) is 0 Å². The summed E-state index contributed by atoms with van der Waals surface area (Å²) in [5.74, 6) is 0. The van der Waals surface area contributed by atoms with Gasteiger partial charge in [-0.15, -0.1) is 0 Å². The third-order valence-electron chi connectivity index (χ3n) is 1.84. The van der Waals surface area contributed by atoms with Gasteiger partial charge in [-0.1, -0.05) is 18.2 Å². The van der Waals surface area contributed by atoms with Gasteiger partial charge in [0.2, 0.25) is 0 Å². The topological polar surface area (TPSA) is 20.2 Å². The van der Waals surface area contributed by atoms with Crippen molar-refractivity contribution in [2.75, 3.05) is 0 Å². The van der Waals surface area contributed by atoms with Gasteiger partial charge in [0, 0.05) is 0 Å². The van der Waals surface area contributed by atoms with E-state index in [-0.39, 0.29) is 12.0 Å². The van der Waals surface area contributed by atoms with Crippen LogP contribution in [0.1, 0.15) is 18.1 Å². The summed E-state index contributed by atoms with van der Waals surface area (Å²) in [7, 11) is 0. The standard InChI is InChI=1S/C10H11F3O/c1-7(14)6-8-4-2-3-5-9(8)10(11,12)13/h2-5,7,14H,6H2,1H3/t7-/m1/s1. The molecule has 78 valence electrons. The summed E-state index contributed by atoms with van der Waals surface area (Å²) in [6.07, 6.45) is -5.08. The summed E-state index contributed by atoms with van der Waals surface area (Å²) in [5.41, 5.74) is -0.532. The predicted octanol–water partition coefficient (Wildman–Crippen LogP) is 2.63. The lowest BCUT2D eigenvalue weighted by atomic mass is 10.0. The van der Waals surface area contributed by atoms with Gasteiger partial charge in [0.25, 0.3) is 0 Å². The van der Waals surface area contributed by atoms with E-state index in [1.807, 2.05) is 0 Å². The van der Waals surface area contributed by atoms with Crippen LogP contribution in [-0.4, -0.2) is 11.2 Å². The molecule has 0 saturated heterocycles. The Kier molecular flexibility index (Phi) is 3.16. The number of aliphatic hydroxyl groups is 1. The third-order valence-corrected chi connectivity index (χ3v) is 1.84. The van der Waals surface area contributed by atoms with E-state index < -0.39 is 17.8 Å². The van der Waals surface area contributed by atoms with Crippen molar-refractivity contribution in [2.45, 2.75) is 25.6 Å². The highest BCUT2D eigenvalue weighted by Gasteiger charge is 2.32. The SMILES string of the molecule is C[C@@H](O)Cc1ccccc1C(F)(F)F. The highest BCUT2D eigenvalue weighted by atomic mass is 19.4. The van der Waals surface area contributed by atoms with Crippen molar-refractivity contribution in [3.8, 4) is 0 Å². The first kappa shape index (κ1) is 11.0. The Hall–Kier alpha value is -1.03. The first-order valence-electron chi connectivity index (χ1n) is 4.24. The van der Waals surface area contributed by atoms with Crippen molar-refractivity contribution in [1.29, 1.82) is 0 Å². The second-order valence-corrected chi connectivity index (χ2v) is 3.21. The summed E-state index contributed by atoms with van der Waals surface area (Å²) in [4.78, 5) is 0. The molecule has 0 aliphatic carbocycles. The van der Waals surface area contributed by atoms with Crippen LogP contribution in [0, 0.1) is 0 Å². The first-order chi connectivity index (χ1) is 6.41. The smallest absolute Gasteiger partial charge is 0.393 e. The van der Waals surface area contributed by atoms with Crippen LogP contribution in [0.15, 0.2) is 24.3 Å². The van der Waals surface area contributed by atoms with Gasteiger partial charge in [0.05, 0.1) is 11.7 Å². The van der Waals surface area contributed by atoms with Crippen LogP contribution in [0.3, 0.4) is 0 Å². The zero-order valence-electron chi connectivity index (χ0n) is 7.67. The zero-order valence-corrected chi connectivity index (χ0v) is 7.67. The largest absolute Gasteiger partial charge is 0.416 e. The first-order valence-corrected chi connectivity index (χ1v) is 4.24.